The first kappa shape index (κ1) is 18.8. The molecule has 0 radical (unpaired) electrons. The van der Waals surface area contributed by atoms with Crippen LogP contribution in [-0.4, -0.2) is 32.9 Å². The molecule has 0 spiro atoms. The zero-order chi connectivity index (χ0) is 18.2. The number of hydrogen-bond donors (Lipinski definition) is 2. The highest BCUT2D eigenvalue weighted by molar-refractivity contribution is 9.10. The molecular formula is C18H20BrN3O3. The van der Waals surface area contributed by atoms with Crippen LogP contribution in [-0.2, 0) is 4.79 Å². The Balaban J connectivity index is 1.93. The van der Waals surface area contributed by atoms with Gasteiger partial charge in [-0.25, -0.2) is 5.43 Å². The molecule has 2 rings (SSSR count). The SMILES string of the molecule is COc1cc(/C=N\NC(=O)CNc2ccccc2C)cc(Br)c1OC. The van der Waals surface area contributed by atoms with Gasteiger partial charge in [-0.1, -0.05) is 18.2 Å². The van der Waals surface area contributed by atoms with Gasteiger partial charge in [0.25, 0.3) is 5.91 Å². The van der Waals surface area contributed by atoms with Gasteiger partial charge in [-0.3, -0.25) is 4.79 Å². The van der Waals surface area contributed by atoms with Crippen molar-refractivity contribution in [1.29, 1.82) is 0 Å². The van der Waals surface area contributed by atoms with Gasteiger partial charge in [0.1, 0.15) is 0 Å². The van der Waals surface area contributed by atoms with Crippen molar-refractivity contribution in [3.63, 3.8) is 0 Å². The lowest BCUT2D eigenvalue weighted by atomic mass is 10.2. The molecule has 2 aromatic carbocycles. The van der Waals surface area contributed by atoms with E-state index in [0.29, 0.717) is 11.5 Å². The van der Waals surface area contributed by atoms with E-state index in [9.17, 15) is 4.79 Å². The normalized spacial score (nSPS) is 10.6. The molecule has 1 amide bonds. The lowest BCUT2D eigenvalue weighted by Crippen LogP contribution is -2.26. The summed E-state index contributed by atoms with van der Waals surface area (Å²) >= 11 is 3.41. The van der Waals surface area contributed by atoms with Crippen molar-refractivity contribution in [3.8, 4) is 11.5 Å². The molecule has 0 heterocycles. The molecule has 132 valence electrons. The predicted octanol–water partition coefficient (Wildman–Crippen LogP) is 3.34. The summed E-state index contributed by atoms with van der Waals surface area (Å²) in [6.45, 7) is 2.12. The fraction of sp³-hybridized carbons (Fsp3) is 0.222. The Bertz CT molecular complexity index is 778. The van der Waals surface area contributed by atoms with Crippen LogP contribution in [0.1, 0.15) is 11.1 Å². The number of nitrogens with one attached hydrogen (secondary N) is 2. The number of nitrogens with zero attached hydrogens (tertiary/aromatic N) is 1. The minimum atomic E-state index is -0.237. The van der Waals surface area contributed by atoms with E-state index in [4.69, 9.17) is 9.47 Å². The molecule has 2 aromatic rings. The maximum absolute atomic E-state index is 11.9. The van der Waals surface area contributed by atoms with Crippen LogP contribution in [0, 0.1) is 6.92 Å². The van der Waals surface area contributed by atoms with E-state index >= 15 is 0 Å². The number of aryl methyl sites for hydroxylation is 1. The summed E-state index contributed by atoms with van der Waals surface area (Å²) in [6, 6.07) is 11.4. The van der Waals surface area contributed by atoms with Crippen LogP contribution in [0.25, 0.3) is 0 Å². The van der Waals surface area contributed by atoms with Crippen molar-refractivity contribution in [2.75, 3.05) is 26.1 Å². The molecule has 0 aliphatic rings. The minimum Gasteiger partial charge on any atom is -0.493 e. The van der Waals surface area contributed by atoms with Gasteiger partial charge in [0, 0.05) is 5.69 Å². The van der Waals surface area contributed by atoms with Gasteiger partial charge in [-0.15, -0.1) is 0 Å². The number of hydrogen-bond acceptors (Lipinski definition) is 5. The van der Waals surface area contributed by atoms with Gasteiger partial charge in [0.15, 0.2) is 11.5 Å². The van der Waals surface area contributed by atoms with Crippen LogP contribution < -0.4 is 20.2 Å². The highest BCUT2D eigenvalue weighted by Crippen LogP contribution is 2.35. The summed E-state index contributed by atoms with van der Waals surface area (Å²) in [5.41, 5.74) is 5.25. The second kappa shape index (κ2) is 9.08. The maximum atomic E-state index is 11.9. The fourth-order valence-corrected chi connectivity index (χ4v) is 2.80. The molecule has 0 bridgehead atoms. The van der Waals surface area contributed by atoms with Crippen molar-refractivity contribution in [3.05, 3.63) is 52.0 Å². The lowest BCUT2D eigenvalue weighted by Gasteiger charge is -2.10. The first-order valence-corrected chi connectivity index (χ1v) is 8.37. The molecular weight excluding hydrogens is 386 g/mol. The summed E-state index contributed by atoms with van der Waals surface area (Å²) in [5.74, 6) is 0.941. The Morgan fingerprint density at radius 1 is 1.24 bits per heavy atom. The summed E-state index contributed by atoms with van der Waals surface area (Å²) in [7, 11) is 3.13. The Morgan fingerprint density at radius 2 is 2.00 bits per heavy atom. The quantitative estimate of drug-likeness (QED) is 0.547. The summed E-state index contributed by atoms with van der Waals surface area (Å²) < 4.78 is 11.3. The Hall–Kier alpha value is -2.54. The lowest BCUT2D eigenvalue weighted by molar-refractivity contribution is -0.119. The van der Waals surface area contributed by atoms with Crippen LogP contribution in [0.15, 0.2) is 46.0 Å². The third-order valence-corrected chi connectivity index (χ3v) is 4.03. The number of carbonyl (C=O) groups excluding carboxylic acids is 1. The van der Waals surface area contributed by atoms with E-state index in [2.05, 4.69) is 31.8 Å². The summed E-state index contributed by atoms with van der Waals surface area (Å²) in [5, 5.41) is 7.04. The number of benzene rings is 2. The number of para-hydroxylation sites is 1. The number of anilines is 1. The number of carbonyl (C=O) groups is 1. The molecule has 25 heavy (non-hydrogen) atoms. The monoisotopic (exact) mass is 405 g/mol. The smallest absolute Gasteiger partial charge is 0.259 e. The third-order valence-electron chi connectivity index (χ3n) is 3.44. The highest BCUT2D eigenvalue weighted by atomic mass is 79.9. The molecule has 0 aliphatic heterocycles. The molecule has 2 N–H and O–H groups in total. The van der Waals surface area contributed by atoms with E-state index in [0.717, 1.165) is 21.3 Å². The van der Waals surface area contributed by atoms with Crippen molar-refractivity contribution >= 4 is 33.7 Å². The van der Waals surface area contributed by atoms with Crippen LogP contribution in [0.5, 0.6) is 11.5 Å². The van der Waals surface area contributed by atoms with E-state index in [1.54, 1.807) is 26.5 Å². The van der Waals surface area contributed by atoms with Crippen molar-refractivity contribution in [1.82, 2.24) is 5.43 Å². The topological polar surface area (TPSA) is 72.0 Å². The minimum absolute atomic E-state index is 0.137. The molecule has 0 unspecified atom stereocenters. The van der Waals surface area contributed by atoms with Crippen molar-refractivity contribution in [2.24, 2.45) is 5.10 Å². The zero-order valence-electron chi connectivity index (χ0n) is 14.3. The first-order valence-electron chi connectivity index (χ1n) is 7.58. The van der Waals surface area contributed by atoms with Gasteiger partial charge in [-0.05, 0) is 52.2 Å². The van der Waals surface area contributed by atoms with E-state index < -0.39 is 0 Å². The summed E-state index contributed by atoms with van der Waals surface area (Å²) in [6.07, 6.45) is 1.54. The summed E-state index contributed by atoms with van der Waals surface area (Å²) in [4.78, 5) is 11.9. The molecule has 0 saturated carbocycles. The molecule has 0 fully saturated rings. The second-order valence-corrected chi connectivity index (χ2v) is 6.05. The third kappa shape index (κ3) is 5.22. The van der Waals surface area contributed by atoms with Gasteiger partial charge >= 0.3 is 0 Å². The van der Waals surface area contributed by atoms with Gasteiger partial charge in [0.2, 0.25) is 0 Å². The predicted molar refractivity (Wildman–Crippen MR) is 103 cm³/mol. The average molecular weight is 406 g/mol. The van der Waals surface area contributed by atoms with Gasteiger partial charge in [0.05, 0.1) is 31.5 Å². The molecule has 0 aromatic heterocycles. The van der Waals surface area contributed by atoms with E-state index in [1.165, 1.54) is 0 Å². The molecule has 0 atom stereocenters. The molecule has 0 saturated heterocycles. The number of amides is 1. The van der Waals surface area contributed by atoms with E-state index in [1.807, 2.05) is 37.3 Å². The number of methoxy groups -OCH3 is 2. The van der Waals surface area contributed by atoms with Crippen LogP contribution in [0.4, 0.5) is 5.69 Å². The Morgan fingerprint density at radius 3 is 2.68 bits per heavy atom. The second-order valence-electron chi connectivity index (χ2n) is 5.20. The Kier molecular flexibility index (Phi) is 6.82. The van der Waals surface area contributed by atoms with Gasteiger partial charge in [-0.2, -0.15) is 5.10 Å². The molecule has 0 aliphatic carbocycles. The number of rotatable bonds is 7. The Labute approximate surface area is 155 Å². The first-order chi connectivity index (χ1) is 12.0. The van der Waals surface area contributed by atoms with Crippen LogP contribution >= 0.6 is 15.9 Å². The highest BCUT2D eigenvalue weighted by Gasteiger charge is 2.09. The maximum Gasteiger partial charge on any atom is 0.259 e. The number of ether oxygens (including phenoxy) is 2. The standard InChI is InChI=1S/C18H20BrN3O3/c1-12-6-4-5-7-15(12)20-11-17(23)22-21-10-13-8-14(19)18(25-3)16(9-13)24-2/h4-10,20H,11H2,1-3H3,(H,22,23)/b21-10-. The molecule has 7 heteroatoms. The van der Waals surface area contributed by atoms with Crippen molar-refractivity contribution < 1.29 is 14.3 Å². The van der Waals surface area contributed by atoms with Crippen molar-refractivity contribution in [2.45, 2.75) is 6.92 Å². The average Bonchev–Trinajstić information content (AvgIpc) is 2.60. The van der Waals surface area contributed by atoms with Crippen LogP contribution in [0.3, 0.4) is 0 Å². The van der Waals surface area contributed by atoms with Gasteiger partial charge < -0.3 is 14.8 Å². The number of halogens is 1. The van der Waals surface area contributed by atoms with Crippen LogP contribution in [0.2, 0.25) is 0 Å². The largest absolute Gasteiger partial charge is 0.493 e. The fourth-order valence-electron chi connectivity index (χ4n) is 2.18. The zero-order valence-corrected chi connectivity index (χ0v) is 15.9. The van der Waals surface area contributed by atoms with E-state index in [-0.39, 0.29) is 12.5 Å². The molecule has 6 nitrogen and oxygen atoms in total. The number of hydrazone groups is 1.